The molecular formula is C29H44N2O6. The van der Waals surface area contributed by atoms with Crippen molar-refractivity contribution >= 4 is 17.8 Å². The van der Waals surface area contributed by atoms with Crippen molar-refractivity contribution in [3.05, 3.63) is 24.3 Å². The molecule has 0 aromatic carbocycles. The fourth-order valence-electron chi connectivity index (χ4n) is 6.79. The third-order valence-corrected chi connectivity index (χ3v) is 8.53. The Labute approximate surface area is 221 Å². The minimum atomic E-state index is -1.31. The van der Waals surface area contributed by atoms with Crippen LogP contribution in [-0.2, 0) is 23.9 Å². The highest BCUT2D eigenvalue weighted by Gasteiger charge is 2.75. The van der Waals surface area contributed by atoms with E-state index < -0.39 is 41.1 Å². The van der Waals surface area contributed by atoms with Gasteiger partial charge in [0.2, 0.25) is 11.8 Å². The summed E-state index contributed by atoms with van der Waals surface area (Å²) in [5.74, 6) is -2.49. The maximum atomic E-state index is 14.4. The number of hydrogen-bond acceptors (Lipinski definition) is 6. The van der Waals surface area contributed by atoms with Crippen molar-refractivity contribution in [2.24, 2.45) is 17.8 Å². The predicted molar refractivity (Wildman–Crippen MR) is 139 cm³/mol. The van der Waals surface area contributed by atoms with Gasteiger partial charge in [0.15, 0.2) is 0 Å². The summed E-state index contributed by atoms with van der Waals surface area (Å²) in [6.07, 6.45) is 13.1. The molecule has 0 bridgehead atoms. The van der Waals surface area contributed by atoms with Gasteiger partial charge < -0.3 is 24.4 Å². The van der Waals surface area contributed by atoms with E-state index in [0.717, 1.165) is 32.1 Å². The Bertz CT molecular complexity index is 931. The highest BCUT2D eigenvalue weighted by atomic mass is 16.6. The van der Waals surface area contributed by atoms with Crippen molar-refractivity contribution in [1.82, 2.24) is 9.80 Å². The van der Waals surface area contributed by atoms with E-state index in [1.54, 1.807) is 9.80 Å². The van der Waals surface area contributed by atoms with Crippen molar-refractivity contribution in [3.8, 4) is 0 Å². The summed E-state index contributed by atoms with van der Waals surface area (Å²) in [4.78, 5) is 45.7. The number of ether oxygens (including phenoxy) is 2. The molecule has 4 heterocycles. The fraction of sp³-hybridized carbons (Fsp3) is 0.759. The maximum Gasteiger partial charge on any atom is 0.313 e. The van der Waals surface area contributed by atoms with Crippen LogP contribution in [0.25, 0.3) is 0 Å². The number of allylic oxidation sites excluding steroid dienone is 1. The smallest absolute Gasteiger partial charge is 0.313 e. The summed E-state index contributed by atoms with van der Waals surface area (Å²) < 4.78 is 12.7. The third-order valence-electron chi connectivity index (χ3n) is 8.53. The quantitative estimate of drug-likeness (QED) is 0.393. The molecule has 0 aromatic heterocycles. The molecule has 6 atom stereocenters. The number of carbonyl (C=O) groups excluding carboxylic acids is 3. The van der Waals surface area contributed by atoms with Crippen LogP contribution in [0.1, 0.15) is 72.6 Å². The molecule has 2 saturated heterocycles. The summed E-state index contributed by atoms with van der Waals surface area (Å²) in [5, 5.41) is 10.4. The molecular weight excluding hydrogens is 472 g/mol. The molecule has 4 rings (SSSR count). The summed E-state index contributed by atoms with van der Waals surface area (Å²) in [7, 11) is 0. The van der Waals surface area contributed by atoms with Gasteiger partial charge in [0.1, 0.15) is 23.2 Å². The second kappa shape index (κ2) is 11.3. The number of aliphatic hydroxyl groups excluding tert-OH is 1. The second-order valence-corrected chi connectivity index (χ2v) is 11.4. The lowest BCUT2D eigenvalue weighted by Gasteiger charge is -2.41. The third kappa shape index (κ3) is 4.76. The van der Waals surface area contributed by atoms with Gasteiger partial charge in [0.05, 0.1) is 25.2 Å². The highest BCUT2D eigenvalue weighted by molar-refractivity contribution is 5.99. The van der Waals surface area contributed by atoms with Crippen molar-refractivity contribution < 1.29 is 29.0 Å². The molecule has 0 radical (unpaired) electrons. The van der Waals surface area contributed by atoms with E-state index in [4.69, 9.17) is 9.47 Å². The van der Waals surface area contributed by atoms with Gasteiger partial charge in [-0.15, -0.1) is 0 Å². The molecule has 4 aliphatic heterocycles. The number of unbranched alkanes of at least 4 members (excludes halogenated alkanes) is 1. The number of rotatable bonds is 8. The zero-order valence-corrected chi connectivity index (χ0v) is 22.9. The van der Waals surface area contributed by atoms with Crippen LogP contribution in [0.4, 0.5) is 0 Å². The molecule has 206 valence electrons. The number of esters is 1. The Morgan fingerprint density at radius 2 is 1.86 bits per heavy atom. The molecule has 4 aliphatic rings. The van der Waals surface area contributed by atoms with Gasteiger partial charge in [0, 0.05) is 13.1 Å². The molecule has 2 amide bonds. The van der Waals surface area contributed by atoms with Crippen molar-refractivity contribution in [2.45, 2.75) is 95.9 Å². The van der Waals surface area contributed by atoms with Gasteiger partial charge in [-0.3, -0.25) is 14.4 Å². The molecule has 8 heteroatoms. The van der Waals surface area contributed by atoms with E-state index in [1.807, 2.05) is 39.0 Å². The Kier molecular flexibility index (Phi) is 8.48. The van der Waals surface area contributed by atoms with Gasteiger partial charge in [-0.1, -0.05) is 58.4 Å². The van der Waals surface area contributed by atoms with Crippen LogP contribution in [0, 0.1) is 17.8 Å². The standard InChI is InChI=1S/C29H44N2O6/c1-5-7-15-30-16-12-14-29-22(25(33)31(24(29)26(30)34)21(19-32)18-20(3)4)23-27(35)36-17-11-9-8-10-13-28(23,6-2)37-29/h10,12-14,20-24,32H,5-9,11,15-19H2,1-4H3/b13-10-/t21-,22+,23-,24?,28+,29+/m1/s1. The van der Waals surface area contributed by atoms with Crippen LogP contribution < -0.4 is 0 Å². The highest BCUT2D eigenvalue weighted by Crippen LogP contribution is 2.58. The molecule has 1 unspecified atom stereocenters. The molecule has 0 saturated carbocycles. The van der Waals surface area contributed by atoms with Crippen LogP contribution in [0.15, 0.2) is 24.3 Å². The van der Waals surface area contributed by atoms with Gasteiger partial charge in [-0.05, 0) is 44.4 Å². The van der Waals surface area contributed by atoms with Crippen LogP contribution >= 0.6 is 0 Å². The molecule has 2 fully saturated rings. The normalized spacial score (nSPS) is 35.6. The number of cyclic esters (lactones) is 1. The molecule has 1 spiro atoms. The van der Waals surface area contributed by atoms with E-state index in [9.17, 15) is 19.5 Å². The zero-order valence-electron chi connectivity index (χ0n) is 22.9. The van der Waals surface area contributed by atoms with Gasteiger partial charge in [-0.25, -0.2) is 0 Å². The summed E-state index contributed by atoms with van der Waals surface area (Å²) in [6, 6.07) is -1.49. The van der Waals surface area contributed by atoms with Crippen molar-refractivity contribution in [2.75, 3.05) is 26.3 Å². The van der Waals surface area contributed by atoms with Crippen molar-refractivity contribution in [3.63, 3.8) is 0 Å². The summed E-state index contributed by atoms with van der Waals surface area (Å²) >= 11 is 0. The number of carbonyl (C=O) groups is 3. The fourth-order valence-corrected chi connectivity index (χ4v) is 6.79. The van der Waals surface area contributed by atoms with Crippen LogP contribution in [0.3, 0.4) is 0 Å². The van der Waals surface area contributed by atoms with Crippen molar-refractivity contribution in [1.29, 1.82) is 0 Å². The molecule has 0 aromatic rings. The Morgan fingerprint density at radius 1 is 1.08 bits per heavy atom. The number of likely N-dealkylation sites (tertiary alicyclic amines) is 1. The van der Waals surface area contributed by atoms with Gasteiger partial charge in [0.25, 0.3) is 0 Å². The number of fused-ring (bicyclic) bond motifs is 2. The topological polar surface area (TPSA) is 96.4 Å². The first kappa shape index (κ1) is 27.8. The number of amides is 2. The lowest BCUT2D eigenvalue weighted by Crippen LogP contribution is -2.59. The van der Waals surface area contributed by atoms with E-state index in [-0.39, 0.29) is 24.3 Å². The number of aliphatic hydroxyl groups is 1. The Balaban J connectivity index is 1.89. The maximum absolute atomic E-state index is 14.4. The lowest BCUT2D eigenvalue weighted by atomic mass is 9.73. The number of hydrogen-bond donors (Lipinski definition) is 1. The first-order valence-electron chi connectivity index (χ1n) is 14.2. The second-order valence-electron chi connectivity index (χ2n) is 11.4. The molecule has 8 nitrogen and oxygen atoms in total. The molecule has 37 heavy (non-hydrogen) atoms. The lowest BCUT2D eigenvalue weighted by molar-refractivity contribution is -0.163. The van der Waals surface area contributed by atoms with E-state index in [2.05, 4.69) is 13.0 Å². The molecule has 0 aliphatic carbocycles. The zero-order chi connectivity index (χ0) is 26.8. The summed E-state index contributed by atoms with van der Waals surface area (Å²) in [5.41, 5.74) is -2.35. The summed E-state index contributed by atoms with van der Waals surface area (Å²) in [6.45, 7) is 9.14. The average Bonchev–Trinajstić information content (AvgIpc) is 3.24. The Morgan fingerprint density at radius 3 is 2.54 bits per heavy atom. The van der Waals surface area contributed by atoms with E-state index in [0.29, 0.717) is 32.5 Å². The average molecular weight is 517 g/mol. The van der Waals surface area contributed by atoms with Crippen LogP contribution in [-0.4, -0.2) is 82.3 Å². The van der Waals surface area contributed by atoms with Crippen LogP contribution in [0.2, 0.25) is 0 Å². The minimum absolute atomic E-state index is 0.177. The molecule has 1 N–H and O–H groups in total. The van der Waals surface area contributed by atoms with E-state index >= 15 is 0 Å². The monoisotopic (exact) mass is 516 g/mol. The first-order valence-corrected chi connectivity index (χ1v) is 14.2. The largest absolute Gasteiger partial charge is 0.465 e. The predicted octanol–water partition coefficient (Wildman–Crippen LogP) is 3.24. The number of nitrogens with zero attached hydrogens (tertiary/aromatic N) is 2. The van der Waals surface area contributed by atoms with Crippen LogP contribution in [0.5, 0.6) is 0 Å². The van der Waals surface area contributed by atoms with Gasteiger partial charge >= 0.3 is 5.97 Å². The SMILES string of the molecule is CCCCN1CC=C[C@]23O[C@@]4(CC)/C=C\CCCCOC(=O)[C@H]4[C@H]2C(=O)N([C@@H](CO)CC(C)C)C3C1=O. The Hall–Kier alpha value is -2.19. The van der Waals surface area contributed by atoms with E-state index in [1.165, 1.54) is 0 Å². The minimum Gasteiger partial charge on any atom is -0.465 e. The van der Waals surface area contributed by atoms with Gasteiger partial charge in [-0.2, -0.15) is 0 Å². The first-order chi connectivity index (χ1) is 17.8.